The lowest BCUT2D eigenvalue weighted by molar-refractivity contribution is 0.344. The molecule has 1 aliphatic carbocycles. The molecule has 2 nitrogen and oxygen atoms in total. The summed E-state index contributed by atoms with van der Waals surface area (Å²) in [4.78, 5) is 4.71. The van der Waals surface area contributed by atoms with Gasteiger partial charge in [-0.1, -0.05) is 50.1 Å². The van der Waals surface area contributed by atoms with Crippen molar-refractivity contribution in [2.24, 2.45) is 5.92 Å². The van der Waals surface area contributed by atoms with Crippen molar-refractivity contribution < 1.29 is 0 Å². The first-order valence-electron chi connectivity index (χ1n) is 10.0. The molecule has 0 amide bonds. The van der Waals surface area contributed by atoms with Crippen LogP contribution in [0.25, 0.3) is 0 Å². The fraction of sp³-hybridized carbons (Fsp3) is 0.417. The maximum Gasteiger partial charge on any atom is 0.107 e. The molecule has 1 saturated carbocycles. The molecule has 2 aromatic carbocycles. The first-order valence-corrected chi connectivity index (χ1v) is 10.0. The standard InChI is InChI=1S/C24H30N2/c1-18-7-6-9-22(17-18)21-11-13-23(14-12-21)25-15-16-26(20(25)3)24-10-5-4-8-19(24)2/h4-5,8,10-16,18,20,22H,6-7,9,17H2,1-3H3/t18?,20-,22+/m0/s1. The monoisotopic (exact) mass is 346 g/mol. The predicted octanol–water partition coefficient (Wildman–Crippen LogP) is 6.43. The van der Waals surface area contributed by atoms with Crippen LogP contribution in [0.3, 0.4) is 0 Å². The lowest BCUT2D eigenvalue weighted by Gasteiger charge is -2.31. The highest BCUT2D eigenvalue weighted by Gasteiger charge is 2.26. The molecule has 3 atom stereocenters. The Kier molecular flexibility index (Phi) is 4.76. The topological polar surface area (TPSA) is 6.48 Å². The Balaban J connectivity index is 1.50. The Morgan fingerprint density at radius 1 is 0.846 bits per heavy atom. The smallest absolute Gasteiger partial charge is 0.107 e. The van der Waals surface area contributed by atoms with Gasteiger partial charge in [-0.2, -0.15) is 0 Å². The summed E-state index contributed by atoms with van der Waals surface area (Å²) in [6, 6.07) is 17.9. The zero-order chi connectivity index (χ0) is 18.1. The van der Waals surface area contributed by atoms with Gasteiger partial charge in [-0.25, -0.2) is 0 Å². The van der Waals surface area contributed by atoms with Crippen LogP contribution in [0.5, 0.6) is 0 Å². The average Bonchev–Trinajstić information content (AvgIpc) is 3.03. The van der Waals surface area contributed by atoms with Crippen molar-refractivity contribution in [2.45, 2.75) is 58.5 Å². The van der Waals surface area contributed by atoms with Crippen LogP contribution in [0.1, 0.15) is 56.6 Å². The van der Waals surface area contributed by atoms with Crippen LogP contribution in [0.15, 0.2) is 60.9 Å². The average molecular weight is 347 g/mol. The minimum Gasteiger partial charge on any atom is -0.326 e. The Morgan fingerprint density at radius 3 is 2.31 bits per heavy atom. The predicted molar refractivity (Wildman–Crippen MR) is 112 cm³/mol. The van der Waals surface area contributed by atoms with E-state index in [1.807, 2.05) is 0 Å². The van der Waals surface area contributed by atoms with Crippen molar-refractivity contribution in [1.29, 1.82) is 0 Å². The molecule has 4 rings (SSSR count). The summed E-state index contributed by atoms with van der Waals surface area (Å²) in [5, 5.41) is 0. The third kappa shape index (κ3) is 3.25. The van der Waals surface area contributed by atoms with Crippen molar-refractivity contribution >= 4 is 11.4 Å². The summed E-state index contributed by atoms with van der Waals surface area (Å²) >= 11 is 0. The third-order valence-corrected chi connectivity index (χ3v) is 6.19. The van der Waals surface area contributed by atoms with Crippen LogP contribution in [0, 0.1) is 12.8 Å². The van der Waals surface area contributed by atoms with Crippen molar-refractivity contribution in [2.75, 3.05) is 9.80 Å². The van der Waals surface area contributed by atoms with Gasteiger partial charge in [-0.05, 0) is 67.9 Å². The normalized spacial score (nSPS) is 25.7. The summed E-state index contributed by atoms with van der Waals surface area (Å²) in [6.07, 6.45) is 10.2. The molecule has 136 valence electrons. The van der Waals surface area contributed by atoms with Gasteiger partial charge in [0.15, 0.2) is 0 Å². The molecule has 0 spiro atoms. The number of anilines is 2. The minimum absolute atomic E-state index is 0.289. The van der Waals surface area contributed by atoms with E-state index >= 15 is 0 Å². The molecule has 2 aliphatic rings. The van der Waals surface area contributed by atoms with E-state index in [4.69, 9.17) is 0 Å². The quantitative estimate of drug-likeness (QED) is 0.631. The van der Waals surface area contributed by atoms with Crippen LogP contribution < -0.4 is 9.80 Å². The van der Waals surface area contributed by atoms with E-state index in [0.29, 0.717) is 0 Å². The summed E-state index contributed by atoms with van der Waals surface area (Å²) < 4.78 is 0. The summed E-state index contributed by atoms with van der Waals surface area (Å²) in [5.74, 6) is 1.63. The number of hydrogen-bond donors (Lipinski definition) is 0. The molecule has 1 fully saturated rings. The van der Waals surface area contributed by atoms with Crippen LogP contribution in [-0.4, -0.2) is 6.17 Å². The van der Waals surface area contributed by atoms with E-state index in [-0.39, 0.29) is 6.17 Å². The molecule has 1 aliphatic heterocycles. The number of rotatable bonds is 3. The van der Waals surface area contributed by atoms with Crippen LogP contribution in [0.4, 0.5) is 11.4 Å². The van der Waals surface area contributed by atoms with Crippen molar-refractivity contribution in [3.63, 3.8) is 0 Å². The Hall–Kier alpha value is -2.22. The van der Waals surface area contributed by atoms with E-state index < -0.39 is 0 Å². The van der Waals surface area contributed by atoms with E-state index in [0.717, 1.165) is 11.8 Å². The summed E-state index contributed by atoms with van der Waals surface area (Å²) in [7, 11) is 0. The molecular weight excluding hydrogens is 316 g/mol. The van der Waals surface area contributed by atoms with Crippen molar-refractivity contribution in [3.8, 4) is 0 Å². The lowest BCUT2D eigenvalue weighted by Crippen LogP contribution is -2.36. The fourth-order valence-electron chi connectivity index (χ4n) is 4.62. The molecule has 0 bridgehead atoms. The van der Waals surface area contributed by atoms with Crippen LogP contribution in [-0.2, 0) is 0 Å². The minimum atomic E-state index is 0.289. The zero-order valence-corrected chi connectivity index (χ0v) is 16.2. The third-order valence-electron chi connectivity index (χ3n) is 6.19. The molecular formula is C24H30N2. The number of nitrogens with zero attached hydrogens (tertiary/aromatic N) is 2. The fourth-order valence-corrected chi connectivity index (χ4v) is 4.62. The van der Waals surface area contributed by atoms with E-state index in [9.17, 15) is 0 Å². The van der Waals surface area contributed by atoms with Crippen molar-refractivity contribution in [3.05, 3.63) is 72.1 Å². The number of para-hydroxylation sites is 1. The Labute approximate surface area is 158 Å². The number of hydrogen-bond acceptors (Lipinski definition) is 2. The molecule has 0 N–H and O–H groups in total. The largest absolute Gasteiger partial charge is 0.326 e. The van der Waals surface area contributed by atoms with Gasteiger partial charge in [0.1, 0.15) is 6.17 Å². The van der Waals surface area contributed by atoms with E-state index in [1.54, 1.807) is 0 Å². The second kappa shape index (κ2) is 7.19. The molecule has 2 heteroatoms. The number of benzene rings is 2. The van der Waals surface area contributed by atoms with E-state index in [1.165, 1.54) is 48.2 Å². The number of aryl methyl sites for hydroxylation is 1. The van der Waals surface area contributed by atoms with Gasteiger partial charge in [0.25, 0.3) is 0 Å². The molecule has 1 heterocycles. The molecule has 0 radical (unpaired) electrons. The van der Waals surface area contributed by atoms with E-state index in [2.05, 4.69) is 91.5 Å². The van der Waals surface area contributed by atoms with Gasteiger partial charge < -0.3 is 9.80 Å². The van der Waals surface area contributed by atoms with Gasteiger partial charge >= 0.3 is 0 Å². The highest BCUT2D eigenvalue weighted by Crippen LogP contribution is 2.37. The first kappa shape index (κ1) is 17.2. The maximum absolute atomic E-state index is 2.40. The molecule has 26 heavy (non-hydrogen) atoms. The van der Waals surface area contributed by atoms with Gasteiger partial charge in [-0.3, -0.25) is 0 Å². The van der Waals surface area contributed by atoms with Gasteiger partial charge in [0.2, 0.25) is 0 Å². The van der Waals surface area contributed by atoms with Gasteiger partial charge in [0.05, 0.1) is 0 Å². The highest BCUT2D eigenvalue weighted by atomic mass is 15.4. The molecule has 1 unspecified atom stereocenters. The SMILES string of the molecule is Cc1ccccc1N1C=CN(c2ccc([C@@H]3CCCC(C)C3)cc2)[C@@H]1C. The van der Waals surface area contributed by atoms with Gasteiger partial charge in [-0.15, -0.1) is 0 Å². The van der Waals surface area contributed by atoms with Crippen LogP contribution >= 0.6 is 0 Å². The second-order valence-corrected chi connectivity index (χ2v) is 8.09. The maximum atomic E-state index is 2.40. The van der Waals surface area contributed by atoms with Crippen LogP contribution in [0.2, 0.25) is 0 Å². The molecule has 2 aromatic rings. The second-order valence-electron chi connectivity index (χ2n) is 8.09. The molecule has 0 saturated heterocycles. The van der Waals surface area contributed by atoms with Crippen molar-refractivity contribution in [1.82, 2.24) is 0 Å². The Bertz CT molecular complexity index is 777. The lowest BCUT2D eigenvalue weighted by atomic mass is 9.79. The summed E-state index contributed by atoms with van der Waals surface area (Å²) in [6.45, 7) is 6.85. The zero-order valence-electron chi connectivity index (χ0n) is 16.2. The Morgan fingerprint density at radius 2 is 1.58 bits per heavy atom. The molecule has 0 aromatic heterocycles. The highest BCUT2D eigenvalue weighted by molar-refractivity contribution is 5.63. The van der Waals surface area contributed by atoms with Gasteiger partial charge in [0, 0.05) is 23.8 Å². The summed E-state index contributed by atoms with van der Waals surface area (Å²) in [5.41, 5.74) is 5.39. The first-order chi connectivity index (χ1) is 12.6.